The second-order valence-electron chi connectivity index (χ2n) is 5.59. The van der Waals surface area contributed by atoms with Crippen LogP contribution in [0.25, 0.3) is 0 Å². The van der Waals surface area contributed by atoms with E-state index in [1.165, 1.54) is 12.8 Å². The maximum Gasteiger partial charge on any atom is 0.240 e. The van der Waals surface area contributed by atoms with Crippen molar-refractivity contribution >= 4 is 33.4 Å². The van der Waals surface area contributed by atoms with Gasteiger partial charge in [-0.1, -0.05) is 11.6 Å². The zero-order chi connectivity index (χ0) is 14.9. The summed E-state index contributed by atoms with van der Waals surface area (Å²) in [5.41, 5.74) is 0.840. The van der Waals surface area contributed by atoms with E-state index in [0.717, 1.165) is 23.5 Å². The third kappa shape index (κ3) is 4.13. The highest BCUT2D eigenvalue weighted by Crippen LogP contribution is 2.25. The molecule has 116 valence electrons. The normalized spacial score (nSPS) is 22.6. The zero-order valence-corrected chi connectivity index (χ0v) is 14.0. The van der Waals surface area contributed by atoms with Crippen molar-refractivity contribution in [1.82, 2.24) is 10.0 Å². The topological polar surface area (TPSA) is 58.2 Å². The maximum absolute atomic E-state index is 12.4. The first kappa shape index (κ1) is 15.6. The van der Waals surface area contributed by atoms with Gasteiger partial charge in [-0.15, -0.1) is 0 Å². The highest BCUT2D eigenvalue weighted by atomic mass is 35.5. The van der Waals surface area contributed by atoms with Gasteiger partial charge in [0.2, 0.25) is 10.0 Å². The van der Waals surface area contributed by atoms with Crippen LogP contribution in [0.3, 0.4) is 0 Å². The summed E-state index contributed by atoms with van der Waals surface area (Å²) in [6, 6.07) is 5.54. The van der Waals surface area contributed by atoms with Crippen LogP contribution in [0.4, 0.5) is 0 Å². The minimum atomic E-state index is -3.46. The molecule has 7 heteroatoms. The second kappa shape index (κ2) is 6.46. The molecule has 3 rings (SSSR count). The van der Waals surface area contributed by atoms with E-state index in [4.69, 9.17) is 11.6 Å². The summed E-state index contributed by atoms with van der Waals surface area (Å²) in [4.78, 5) is 0.302. The Morgan fingerprint density at radius 2 is 2.05 bits per heavy atom. The van der Waals surface area contributed by atoms with Crippen molar-refractivity contribution in [3.05, 3.63) is 28.8 Å². The molecule has 1 heterocycles. The first-order valence-corrected chi connectivity index (χ1v) is 10.2. The van der Waals surface area contributed by atoms with Crippen molar-refractivity contribution in [2.24, 2.45) is 0 Å². The Morgan fingerprint density at radius 1 is 1.24 bits per heavy atom. The van der Waals surface area contributed by atoms with Crippen LogP contribution in [0.2, 0.25) is 5.02 Å². The van der Waals surface area contributed by atoms with Gasteiger partial charge >= 0.3 is 0 Å². The molecule has 1 aliphatic carbocycles. The van der Waals surface area contributed by atoms with Gasteiger partial charge in [-0.25, -0.2) is 13.1 Å². The molecule has 0 radical (unpaired) electrons. The van der Waals surface area contributed by atoms with Gasteiger partial charge in [0, 0.05) is 29.4 Å². The Kier molecular flexibility index (Phi) is 4.81. The lowest BCUT2D eigenvalue weighted by Gasteiger charge is -2.13. The predicted octanol–water partition coefficient (Wildman–Crippen LogP) is 2.38. The summed E-state index contributed by atoms with van der Waals surface area (Å²) in [5.74, 6) is 1.87. The van der Waals surface area contributed by atoms with E-state index >= 15 is 0 Å². The van der Waals surface area contributed by atoms with Crippen molar-refractivity contribution < 1.29 is 8.42 Å². The van der Waals surface area contributed by atoms with E-state index in [0.29, 0.717) is 22.5 Å². The van der Waals surface area contributed by atoms with Gasteiger partial charge in [0.05, 0.1) is 4.90 Å². The van der Waals surface area contributed by atoms with Crippen LogP contribution in [-0.4, -0.2) is 32.0 Å². The molecule has 2 aliphatic rings. The van der Waals surface area contributed by atoms with Crippen molar-refractivity contribution in [3.8, 4) is 0 Å². The Balaban J connectivity index is 1.74. The number of nitrogens with one attached hydrogen (secondary N) is 2. The summed E-state index contributed by atoms with van der Waals surface area (Å²) < 4.78 is 27.6. The van der Waals surface area contributed by atoms with E-state index in [1.54, 1.807) is 30.0 Å². The Hall–Kier alpha value is -0.270. The van der Waals surface area contributed by atoms with Crippen molar-refractivity contribution in [2.75, 3.05) is 11.5 Å². The molecule has 0 amide bonds. The maximum atomic E-state index is 12.4. The van der Waals surface area contributed by atoms with Crippen molar-refractivity contribution in [2.45, 2.75) is 42.8 Å². The molecule has 1 unspecified atom stereocenters. The van der Waals surface area contributed by atoms with Crippen molar-refractivity contribution in [1.29, 1.82) is 0 Å². The molecule has 1 aromatic rings. The summed E-state index contributed by atoms with van der Waals surface area (Å²) in [7, 11) is -3.46. The van der Waals surface area contributed by atoms with Crippen LogP contribution in [0.15, 0.2) is 23.1 Å². The number of thioether (sulfide) groups is 1. The molecular formula is C14H19ClN2O2S2. The van der Waals surface area contributed by atoms with Crippen LogP contribution < -0.4 is 10.0 Å². The first-order chi connectivity index (χ1) is 10.0. The minimum absolute atomic E-state index is 0.0451. The monoisotopic (exact) mass is 346 g/mol. The van der Waals surface area contributed by atoms with Gasteiger partial charge in [-0.2, -0.15) is 11.8 Å². The highest BCUT2D eigenvalue weighted by molar-refractivity contribution is 7.99. The fraction of sp³-hybridized carbons (Fsp3) is 0.571. The molecule has 4 nitrogen and oxygen atoms in total. The lowest BCUT2D eigenvalue weighted by Crippen LogP contribution is -2.34. The third-order valence-electron chi connectivity index (χ3n) is 3.74. The molecule has 1 aliphatic heterocycles. The van der Waals surface area contributed by atoms with Crippen LogP contribution in [0, 0.1) is 0 Å². The first-order valence-electron chi connectivity index (χ1n) is 7.16. The summed E-state index contributed by atoms with van der Waals surface area (Å²) in [6.45, 7) is 0.617. The molecule has 1 aromatic carbocycles. The van der Waals surface area contributed by atoms with E-state index in [2.05, 4.69) is 10.0 Å². The molecule has 1 atom stereocenters. The number of benzene rings is 1. The Morgan fingerprint density at radius 3 is 2.71 bits per heavy atom. The molecule has 2 N–H and O–H groups in total. The number of halogens is 1. The van der Waals surface area contributed by atoms with E-state index in [-0.39, 0.29) is 6.04 Å². The molecule has 0 spiro atoms. The Bertz CT molecular complexity index is 611. The van der Waals surface area contributed by atoms with Gasteiger partial charge in [0.25, 0.3) is 0 Å². The van der Waals surface area contributed by atoms with Crippen LogP contribution in [0.1, 0.15) is 24.8 Å². The minimum Gasteiger partial charge on any atom is -0.310 e. The number of sulfonamides is 1. The van der Waals surface area contributed by atoms with E-state index in [1.807, 2.05) is 0 Å². The lowest BCUT2D eigenvalue weighted by atomic mass is 10.2. The summed E-state index contributed by atoms with van der Waals surface area (Å²) >= 11 is 7.95. The van der Waals surface area contributed by atoms with E-state index in [9.17, 15) is 8.42 Å². The van der Waals surface area contributed by atoms with Crippen LogP contribution in [0.5, 0.6) is 0 Å². The van der Waals surface area contributed by atoms with Gasteiger partial charge < -0.3 is 5.32 Å². The standard InChI is InChI=1S/C14H19ClN2O2S2/c15-14-4-3-13(7-10(14)8-16-11-1-2-11)21(18,19)17-12-5-6-20-9-12/h3-4,7,11-12,16-17H,1-2,5-6,8-9H2. The van der Waals surface area contributed by atoms with Crippen LogP contribution in [-0.2, 0) is 16.6 Å². The number of hydrogen-bond donors (Lipinski definition) is 2. The molecular weight excluding hydrogens is 328 g/mol. The van der Waals surface area contributed by atoms with Gasteiger partial charge in [0.15, 0.2) is 0 Å². The fourth-order valence-electron chi connectivity index (χ4n) is 2.31. The van der Waals surface area contributed by atoms with Gasteiger partial charge in [-0.05, 0) is 48.8 Å². The largest absolute Gasteiger partial charge is 0.310 e. The summed E-state index contributed by atoms with van der Waals surface area (Å²) in [6.07, 6.45) is 3.28. The fourth-order valence-corrected chi connectivity index (χ4v) is 5.07. The van der Waals surface area contributed by atoms with Gasteiger partial charge in [-0.3, -0.25) is 0 Å². The number of hydrogen-bond acceptors (Lipinski definition) is 4. The summed E-state index contributed by atoms with van der Waals surface area (Å²) in [5, 5.41) is 3.97. The molecule has 0 aromatic heterocycles. The molecule has 1 saturated carbocycles. The van der Waals surface area contributed by atoms with Crippen molar-refractivity contribution in [3.63, 3.8) is 0 Å². The molecule has 1 saturated heterocycles. The number of rotatable bonds is 6. The average Bonchev–Trinajstić information content (AvgIpc) is 3.14. The zero-order valence-electron chi connectivity index (χ0n) is 11.6. The smallest absolute Gasteiger partial charge is 0.240 e. The average molecular weight is 347 g/mol. The molecule has 0 bridgehead atoms. The molecule has 2 fully saturated rings. The SMILES string of the molecule is O=S(=O)(NC1CCSC1)c1ccc(Cl)c(CNC2CC2)c1. The van der Waals surface area contributed by atoms with Gasteiger partial charge in [0.1, 0.15) is 0 Å². The molecule has 21 heavy (non-hydrogen) atoms. The quantitative estimate of drug-likeness (QED) is 0.830. The third-order valence-corrected chi connectivity index (χ3v) is 6.79. The van der Waals surface area contributed by atoms with Crippen LogP contribution >= 0.6 is 23.4 Å². The Labute approximate surface area is 135 Å². The van der Waals surface area contributed by atoms with E-state index < -0.39 is 10.0 Å². The predicted molar refractivity (Wildman–Crippen MR) is 87.4 cm³/mol. The highest BCUT2D eigenvalue weighted by Gasteiger charge is 2.24. The second-order valence-corrected chi connectivity index (χ2v) is 8.86. The lowest BCUT2D eigenvalue weighted by molar-refractivity contribution is 0.563.